The van der Waals surface area contributed by atoms with Gasteiger partial charge in [-0.1, -0.05) is 18.3 Å². The minimum atomic E-state index is -4.06. The van der Waals surface area contributed by atoms with Gasteiger partial charge in [0.1, 0.15) is 23.1 Å². The van der Waals surface area contributed by atoms with Crippen molar-refractivity contribution in [2.75, 3.05) is 19.7 Å². The Morgan fingerprint density at radius 1 is 1.19 bits per heavy atom. The summed E-state index contributed by atoms with van der Waals surface area (Å²) in [6.07, 6.45) is 2.34. The van der Waals surface area contributed by atoms with Crippen LogP contribution in [0.5, 0.6) is 0 Å². The summed E-state index contributed by atoms with van der Waals surface area (Å²) < 4.78 is 53.6. The number of rotatable bonds is 2. The van der Waals surface area contributed by atoms with Gasteiger partial charge in [-0.25, -0.2) is 17.2 Å². The molecule has 0 bridgehead atoms. The van der Waals surface area contributed by atoms with Crippen molar-refractivity contribution in [3.05, 3.63) is 29.3 Å². The fraction of sp³-hybridized carbons (Fsp3) is 0.429. The lowest BCUT2D eigenvalue weighted by atomic mass is 10.2. The van der Waals surface area contributed by atoms with E-state index in [1.165, 1.54) is 4.31 Å². The third-order valence-corrected chi connectivity index (χ3v) is 5.20. The van der Waals surface area contributed by atoms with E-state index in [1.54, 1.807) is 0 Å². The number of hydrogen-bond donors (Lipinski definition) is 1. The average Bonchev–Trinajstić information content (AvgIpc) is 2.45. The van der Waals surface area contributed by atoms with Gasteiger partial charge < -0.3 is 5.11 Å². The summed E-state index contributed by atoms with van der Waals surface area (Å²) in [4.78, 5) is -0.619. The molecule has 1 aliphatic heterocycles. The highest BCUT2D eigenvalue weighted by Gasteiger charge is 2.31. The molecule has 0 spiro atoms. The predicted molar refractivity (Wildman–Crippen MR) is 72.9 cm³/mol. The highest BCUT2D eigenvalue weighted by atomic mass is 32.2. The number of benzene rings is 1. The summed E-state index contributed by atoms with van der Waals surface area (Å²) in [5.74, 6) is 2.45. The predicted octanol–water partition coefficient (Wildman–Crippen LogP) is 1.48. The minimum absolute atomic E-state index is 0.271. The zero-order valence-electron chi connectivity index (χ0n) is 11.3. The number of aliphatic hydroxyl groups excluding tert-OH is 1. The molecular weight excluding hydrogens is 300 g/mol. The van der Waals surface area contributed by atoms with E-state index in [0.29, 0.717) is 32.0 Å². The van der Waals surface area contributed by atoms with Gasteiger partial charge in [0.25, 0.3) is 0 Å². The van der Waals surface area contributed by atoms with Crippen LogP contribution in [0.4, 0.5) is 8.78 Å². The first-order valence-corrected chi connectivity index (χ1v) is 7.99. The molecule has 1 N–H and O–H groups in total. The number of nitrogens with zero attached hydrogens (tertiary/aromatic N) is 1. The fourth-order valence-electron chi connectivity index (χ4n) is 2.28. The van der Waals surface area contributed by atoms with Crippen molar-refractivity contribution in [2.45, 2.75) is 24.2 Å². The monoisotopic (exact) mass is 315 g/mol. The third-order valence-electron chi connectivity index (χ3n) is 3.22. The highest BCUT2D eigenvalue weighted by molar-refractivity contribution is 7.89. The Morgan fingerprint density at radius 3 is 2.48 bits per heavy atom. The fourth-order valence-corrected chi connectivity index (χ4v) is 3.97. The third kappa shape index (κ3) is 3.40. The molecule has 0 atom stereocenters. The van der Waals surface area contributed by atoms with Crippen molar-refractivity contribution >= 4 is 10.0 Å². The van der Waals surface area contributed by atoms with Crippen LogP contribution in [0.25, 0.3) is 0 Å². The lowest BCUT2D eigenvalue weighted by molar-refractivity contribution is 0.344. The SMILES string of the molecule is O=S(=O)(c1c(F)cc(F)cc1C#CCO)N1CCCCC1. The first kappa shape index (κ1) is 15.9. The van der Waals surface area contributed by atoms with Gasteiger partial charge in [0.05, 0.1) is 5.56 Å². The van der Waals surface area contributed by atoms with Gasteiger partial charge >= 0.3 is 0 Å². The van der Waals surface area contributed by atoms with E-state index < -0.39 is 33.2 Å². The molecular formula is C14H15F2NO3S. The van der Waals surface area contributed by atoms with Crippen LogP contribution in [0.3, 0.4) is 0 Å². The highest BCUT2D eigenvalue weighted by Crippen LogP contribution is 2.26. The number of piperidine rings is 1. The number of aliphatic hydroxyl groups is 1. The normalized spacial score (nSPS) is 16.3. The Morgan fingerprint density at radius 2 is 1.86 bits per heavy atom. The number of halogens is 2. The molecule has 1 aromatic carbocycles. The van der Waals surface area contributed by atoms with Gasteiger partial charge in [0, 0.05) is 19.2 Å². The molecule has 1 saturated heterocycles. The van der Waals surface area contributed by atoms with Crippen LogP contribution in [0, 0.1) is 23.5 Å². The molecule has 0 amide bonds. The van der Waals surface area contributed by atoms with Gasteiger partial charge in [-0.15, -0.1) is 0 Å². The second-order valence-electron chi connectivity index (χ2n) is 4.69. The molecule has 2 rings (SSSR count). The van der Waals surface area contributed by atoms with Gasteiger partial charge in [0.2, 0.25) is 10.0 Å². The molecule has 1 aliphatic rings. The topological polar surface area (TPSA) is 57.6 Å². The maximum Gasteiger partial charge on any atom is 0.247 e. The van der Waals surface area contributed by atoms with Gasteiger partial charge in [-0.3, -0.25) is 0 Å². The smallest absolute Gasteiger partial charge is 0.247 e. The Labute approximate surface area is 122 Å². The molecule has 0 radical (unpaired) electrons. The van der Waals surface area contributed by atoms with E-state index in [0.717, 1.165) is 12.5 Å². The van der Waals surface area contributed by atoms with E-state index in [1.807, 2.05) is 0 Å². The minimum Gasteiger partial charge on any atom is -0.384 e. The van der Waals surface area contributed by atoms with Crippen LogP contribution in [0.1, 0.15) is 24.8 Å². The van der Waals surface area contributed by atoms with Crippen molar-refractivity contribution in [3.63, 3.8) is 0 Å². The average molecular weight is 315 g/mol. The molecule has 0 unspecified atom stereocenters. The summed E-state index contributed by atoms with van der Waals surface area (Å²) in [5, 5.41) is 8.69. The Balaban J connectivity index is 2.55. The molecule has 21 heavy (non-hydrogen) atoms. The molecule has 4 nitrogen and oxygen atoms in total. The van der Waals surface area contributed by atoms with Crippen LogP contribution in [0.15, 0.2) is 17.0 Å². The van der Waals surface area contributed by atoms with Crippen LogP contribution >= 0.6 is 0 Å². The van der Waals surface area contributed by atoms with E-state index in [9.17, 15) is 17.2 Å². The number of hydrogen-bond acceptors (Lipinski definition) is 3. The molecule has 1 fully saturated rings. The molecule has 1 heterocycles. The van der Waals surface area contributed by atoms with E-state index in [2.05, 4.69) is 11.8 Å². The summed E-state index contributed by atoms with van der Waals surface area (Å²) in [6.45, 7) is 0.0966. The number of sulfonamides is 1. The van der Waals surface area contributed by atoms with Crippen LogP contribution in [-0.2, 0) is 10.0 Å². The molecule has 0 aromatic heterocycles. The van der Waals surface area contributed by atoms with Crippen molar-refractivity contribution in [2.24, 2.45) is 0 Å². The van der Waals surface area contributed by atoms with Crippen molar-refractivity contribution in [3.8, 4) is 11.8 Å². The Bertz CT molecular complexity index is 686. The van der Waals surface area contributed by atoms with E-state index >= 15 is 0 Å². The standard InChI is InChI=1S/C14H15F2NO3S/c15-12-9-11(5-4-8-18)14(13(16)10-12)21(19,20)17-6-2-1-3-7-17/h9-10,18H,1-3,6-8H2. The summed E-state index contributed by atoms with van der Waals surface area (Å²) in [7, 11) is -4.06. The quantitative estimate of drug-likeness (QED) is 0.841. The van der Waals surface area contributed by atoms with E-state index in [4.69, 9.17) is 5.11 Å². The molecule has 7 heteroatoms. The van der Waals surface area contributed by atoms with E-state index in [-0.39, 0.29) is 5.56 Å². The molecule has 1 aromatic rings. The molecule has 0 aliphatic carbocycles. The lowest BCUT2D eigenvalue weighted by Gasteiger charge is -2.26. The largest absolute Gasteiger partial charge is 0.384 e. The maximum atomic E-state index is 14.0. The maximum absolute atomic E-state index is 14.0. The lowest BCUT2D eigenvalue weighted by Crippen LogP contribution is -2.36. The molecule has 0 saturated carbocycles. The summed E-state index contributed by atoms with van der Waals surface area (Å²) in [6, 6.07) is 1.39. The summed E-state index contributed by atoms with van der Waals surface area (Å²) in [5.41, 5.74) is -0.271. The zero-order valence-corrected chi connectivity index (χ0v) is 12.1. The van der Waals surface area contributed by atoms with Gasteiger partial charge in [-0.05, 0) is 18.9 Å². The molecule has 114 valence electrons. The van der Waals surface area contributed by atoms with Crippen LogP contribution in [-0.4, -0.2) is 37.5 Å². The van der Waals surface area contributed by atoms with Crippen LogP contribution < -0.4 is 0 Å². The first-order valence-electron chi connectivity index (χ1n) is 6.55. The summed E-state index contributed by atoms with van der Waals surface area (Å²) >= 11 is 0. The Hall–Kier alpha value is -1.49. The van der Waals surface area contributed by atoms with Gasteiger partial charge in [-0.2, -0.15) is 4.31 Å². The first-order chi connectivity index (χ1) is 9.96. The van der Waals surface area contributed by atoms with Crippen molar-refractivity contribution in [1.82, 2.24) is 4.31 Å². The Kier molecular flexibility index (Phi) is 4.93. The zero-order chi connectivity index (χ0) is 15.5. The van der Waals surface area contributed by atoms with Crippen LogP contribution in [0.2, 0.25) is 0 Å². The second kappa shape index (κ2) is 6.52. The van der Waals surface area contributed by atoms with Crippen molar-refractivity contribution in [1.29, 1.82) is 0 Å². The van der Waals surface area contributed by atoms with Crippen molar-refractivity contribution < 1.29 is 22.3 Å². The van der Waals surface area contributed by atoms with Gasteiger partial charge in [0.15, 0.2) is 0 Å². The second-order valence-corrected chi connectivity index (χ2v) is 6.56.